The summed E-state index contributed by atoms with van der Waals surface area (Å²) in [6, 6.07) is -1.50. The number of amides is 1. The maximum atomic E-state index is 11.5. The third-order valence-electron chi connectivity index (χ3n) is 6.65. The Morgan fingerprint density at radius 2 is 1.33 bits per heavy atom. The van der Waals surface area contributed by atoms with E-state index in [1.165, 1.54) is 0 Å². The first-order chi connectivity index (χ1) is 19.5. The molecule has 3 heterocycles. The summed E-state index contributed by atoms with van der Waals surface area (Å²) >= 11 is 0. The van der Waals surface area contributed by atoms with Crippen molar-refractivity contribution in [2.45, 2.75) is 99.0 Å². The third-order valence-corrected chi connectivity index (χ3v) is 7.11. The molecule has 0 aliphatic carbocycles. The molecule has 0 bridgehead atoms. The van der Waals surface area contributed by atoms with Crippen LogP contribution in [0.5, 0.6) is 0 Å². The van der Waals surface area contributed by atoms with E-state index in [9.17, 15) is 68.5 Å². The lowest BCUT2D eigenvalue weighted by Gasteiger charge is -2.48. The molecule has 22 heteroatoms. The van der Waals surface area contributed by atoms with Gasteiger partial charge in [0.15, 0.2) is 18.9 Å². The first kappa shape index (κ1) is 34.8. The topological polar surface area (TPSA) is 344 Å². The molecule has 0 aromatic heterocycles. The second-order valence-corrected chi connectivity index (χ2v) is 10.6. The number of hydrogen-bond acceptors (Lipinski definition) is 20. The lowest BCUT2D eigenvalue weighted by molar-refractivity contribution is -0.380. The largest absolute Gasteiger partial charge is 0.726 e. The first-order valence-electron chi connectivity index (χ1n) is 12.2. The summed E-state index contributed by atoms with van der Waals surface area (Å²) in [7, 11) is -5.65. The van der Waals surface area contributed by atoms with Crippen LogP contribution in [0.2, 0.25) is 0 Å². The van der Waals surface area contributed by atoms with Crippen LogP contribution in [0.3, 0.4) is 0 Å². The molecule has 42 heavy (non-hydrogen) atoms. The number of carbonyl (C=O) groups is 2. The van der Waals surface area contributed by atoms with Crippen molar-refractivity contribution in [3.8, 4) is 0 Å². The molecular formula is C20H31NO20S-2. The van der Waals surface area contributed by atoms with E-state index in [4.69, 9.17) is 23.7 Å². The molecule has 1 amide bonds. The third kappa shape index (κ3) is 7.68. The number of rotatable bonds is 10. The molecule has 0 saturated carbocycles. The van der Waals surface area contributed by atoms with Gasteiger partial charge >= 0.3 is 0 Å². The van der Waals surface area contributed by atoms with Crippen molar-refractivity contribution < 1.29 is 96.4 Å². The first-order valence-corrected chi connectivity index (χ1v) is 13.5. The number of nitrogens with one attached hydrogen (secondary N) is 1. The van der Waals surface area contributed by atoms with Crippen LogP contribution in [0, 0.1) is 0 Å². The number of ether oxygens (including phenoxy) is 5. The van der Waals surface area contributed by atoms with Gasteiger partial charge in [-0.05, 0) is 0 Å². The highest BCUT2D eigenvalue weighted by Crippen LogP contribution is 2.33. The SMILES string of the molecule is CC(=O)N[C@H]1C(O)O[C@H](CO)[C@@H](O[C@@H]2O[C@H](CO)[C@H](O)[C@H](O[C@@H]3O[C@H](C(=O)[O-])[C@@H](O)[C@H](OS(=O)(=O)[O-])[C@H]3O)[C@H]2O)[C@@H]1O. The summed E-state index contributed by atoms with van der Waals surface area (Å²) in [6.07, 6.45) is -28.9. The highest BCUT2D eigenvalue weighted by Gasteiger charge is 2.54. The Balaban J connectivity index is 1.87. The van der Waals surface area contributed by atoms with E-state index < -0.39 is 128 Å². The normalized spacial score (nSPS) is 44.9. The molecule has 3 saturated heterocycles. The fourth-order valence-electron chi connectivity index (χ4n) is 4.67. The highest BCUT2D eigenvalue weighted by atomic mass is 32.3. The van der Waals surface area contributed by atoms with Gasteiger partial charge in [0.2, 0.25) is 16.3 Å². The smallest absolute Gasteiger partial charge is 0.218 e. The summed E-state index contributed by atoms with van der Waals surface area (Å²) in [5.74, 6) is -2.87. The molecule has 15 atom stereocenters. The van der Waals surface area contributed by atoms with Crippen molar-refractivity contribution in [1.82, 2.24) is 5.32 Å². The van der Waals surface area contributed by atoms with E-state index in [0.29, 0.717) is 0 Å². The van der Waals surface area contributed by atoms with Crippen LogP contribution in [0.25, 0.3) is 0 Å². The molecule has 9 N–H and O–H groups in total. The lowest BCUT2D eigenvalue weighted by Crippen LogP contribution is -2.68. The van der Waals surface area contributed by atoms with E-state index >= 15 is 0 Å². The zero-order valence-electron chi connectivity index (χ0n) is 21.5. The minimum absolute atomic E-state index is 0.702. The lowest BCUT2D eigenvalue weighted by atomic mass is 9.95. The molecule has 0 radical (unpaired) electrons. The average molecular weight is 638 g/mol. The van der Waals surface area contributed by atoms with Crippen LogP contribution in [0.4, 0.5) is 0 Å². The molecule has 0 spiro atoms. The highest BCUT2D eigenvalue weighted by molar-refractivity contribution is 7.80. The van der Waals surface area contributed by atoms with Crippen molar-refractivity contribution in [3.05, 3.63) is 0 Å². The van der Waals surface area contributed by atoms with Gasteiger partial charge in [-0.2, -0.15) is 0 Å². The maximum absolute atomic E-state index is 11.5. The zero-order chi connectivity index (χ0) is 31.7. The monoisotopic (exact) mass is 637 g/mol. The summed E-state index contributed by atoms with van der Waals surface area (Å²) in [5, 5.41) is 96.0. The van der Waals surface area contributed by atoms with Crippen molar-refractivity contribution in [1.29, 1.82) is 0 Å². The standard InChI is InChI=1S/C20H33NO20S/c1-4(24)21-7-9(26)13(6(3-23)36-18(7)32)38-19-11(28)14(8(25)5(2-22)37-19)39-20-12(29)15(41-42(33,34)35)10(27)16(40-20)17(30)31/h5-16,18-20,22-23,25-29,32H,2-3H2,1H3,(H,21,24)(H,30,31)(H,33,34,35)/p-2/t5-,6-,7-,8+,9-,10+,11-,12-,13-,14+,15+,16+,18?,19+,20-/m1/s1. The number of carboxylic acid groups (broad SMARTS) is 1. The van der Waals surface area contributed by atoms with Crippen molar-refractivity contribution in [2.75, 3.05) is 13.2 Å². The Kier molecular flexibility index (Phi) is 11.5. The van der Waals surface area contributed by atoms with Crippen molar-refractivity contribution >= 4 is 22.3 Å². The second-order valence-electron chi connectivity index (χ2n) is 9.57. The average Bonchev–Trinajstić information content (AvgIpc) is 2.89. The predicted octanol–water partition coefficient (Wildman–Crippen LogP) is -9.19. The van der Waals surface area contributed by atoms with E-state index in [1.807, 2.05) is 0 Å². The zero-order valence-corrected chi connectivity index (χ0v) is 22.3. The molecule has 3 aliphatic rings. The molecule has 21 nitrogen and oxygen atoms in total. The molecular weight excluding hydrogens is 606 g/mol. The van der Waals surface area contributed by atoms with Crippen molar-refractivity contribution in [2.24, 2.45) is 0 Å². The Morgan fingerprint density at radius 3 is 1.86 bits per heavy atom. The molecule has 3 aliphatic heterocycles. The van der Waals surface area contributed by atoms with E-state index in [-0.39, 0.29) is 0 Å². The Bertz CT molecular complexity index is 1050. The van der Waals surface area contributed by atoms with Crippen LogP contribution < -0.4 is 10.4 Å². The molecule has 3 rings (SSSR count). The Morgan fingerprint density at radius 1 is 0.786 bits per heavy atom. The summed E-state index contributed by atoms with van der Waals surface area (Å²) in [6.45, 7) is -0.799. The van der Waals surface area contributed by atoms with Crippen LogP contribution in [0.1, 0.15) is 6.92 Å². The molecule has 244 valence electrons. The molecule has 3 fully saturated rings. The van der Waals surface area contributed by atoms with Crippen LogP contribution >= 0.6 is 0 Å². The van der Waals surface area contributed by atoms with Crippen molar-refractivity contribution in [3.63, 3.8) is 0 Å². The van der Waals surface area contributed by atoms with Gasteiger partial charge in [-0.3, -0.25) is 8.98 Å². The number of aliphatic hydroxyl groups excluding tert-OH is 8. The fourth-order valence-corrected chi connectivity index (χ4v) is 5.17. The summed E-state index contributed by atoms with van der Waals surface area (Å²) < 4.78 is 63.5. The van der Waals surface area contributed by atoms with Gasteiger partial charge in [0.1, 0.15) is 73.2 Å². The predicted molar refractivity (Wildman–Crippen MR) is 119 cm³/mol. The van der Waals surface area contributed by atoms with Crippen LogP contribution in [0.15, 0.2) is 0 Å². The minimum atomic E-state index is -5.65. The number of aliphatic hydroxyl groups is 8. The Hall–Kier alpha value is -1.71. The Labute approximate surface area is 236 Å². The van der Waals surface area contributed by atoms with E-state index in [1.54, 1.807) is 0 Å². The quantitative estimate of drug-likeness (QED) is 0.0792. The second kappa shape index (κ2) is 13.9. The van der Waals surface area contributed by atoms with Gasteiger partial charge < -0.3 is 84.3 Å². The van der Waals surface area contributed by atoms with Gasteiger partial charge in [0.25, 0.3) is 0 Å². The number of hydrogen-bond donors (Lipinski definition) is 9. The van der Waals surface area contributed by atoms with Gasteiger partial charge in [-0.15, -0.1) is 0 Å². The van der Waals surface area contributed by atoms with Gasteiger partial charge in [-0.1, -0.05) is 0 Å². The van der Waals surface area contributed by atoms with E-state index in [0.717, 1.165) is 6.92 Å². The van der Waals surface area contributed by atoms with Gasteiger partial charge in [0, 0.05) is 6.92 Å². The van der Waals surface area contributed by atoms with Gasteiger partial charge in [0.05, 0.1) is 19.2 Å². The maximum Gasteiger partial charge on any atom is 0.218 e. The van der Waals surface area contributed by atoms with Gasteiger partial charge in [-0.25, -0.2) is 8.42 Å². The number of aliphatic carboxylic acids is 1. The number of carboxylic acids is 1. The minimum Gasteiger partial charge on any atom is -0.726 e. The molecule has 1 unspecified atom stereocenters. The van der Waals surface area contributed by atoms with Crippen LogP contribution in [-0.4, -0.2) is 171 Å². The van der Waals surface area contributed by atoms with Crippen LogP contribution in [-0.2, 0) is 47.9 Å². The summed E-state index contributed by atoms with van der Waals surface area (Å²) in [4.78, 5) is 22.9. The molecule has 0 aromatic carbocycles. The number of carbonyl (C=O) groups excluding carboxylic acids is 2. The fraction of sp³-hybridized carbons (Fsp3) is 0.900. The molecule has 0 aromatic rings. The summed E-state index contributed by atoms with van der Waals surface area (Å²) in [5.41, 5.74) is 0. The van der Waals surface area contributed by atoms with E-state index in [2.05, 4.69) is 9.50 Å².